The molecule has 0 aliphatic carbocycles. The molecule has 0 saturated heterocycles. The quantitative estimate of drug-likeness (QED) is 0.645. The monoisotopic (exact) mass is 404 g/mol. The van der Waals surface area contributed by atoms with Gasteiger partial charge in [-0.3, -0.25) is 0 Å². The van der Waals surface area contributed by atoms with Gasteiger partial charge in [-0.2, -0.15) is 0 Å². The molecule has 0 bridgehead atoms. The van der Waals surface area contributed by atoms with Gasteiger partial charge in [-0.05, 0) is 29.8 Å². The van der Waals surface area contributed by atoms with Crippen LogP contribution in [0.2, 0.25) is 0 Å². The van der Waals surface area contributed by atoms with E-state index in [2.05, 4.69) is 0 Å². The molecule has 0 fully saturated rings. The van der Waals surface area contributed by atoms with Crippen molar-refractivity contribution in [2.75, 3.05) is 34.5 Å². The summed E-state index contributed by atoms with van der Waals surface area (Å²) in [5.74, 6) is 1.53. The second-order valence-corrected chi connectivity index (χ2v) is 6.29. The van der Waals surface area contributed by atoms with E-state index in [-0.39, 0.29) is 30.5 Å². The van der Waals surface area contributed by atoms with E-state index >= 15 is 0 Å². The third-order valence-electron chi connectivity index (χ3n) is 4.55. The molecule has 8 nitrogen and oxygen atoms in total. The Balaban J connectivity index is 2.07. The highest BCUT2D eigenvalue weighted by Crippen LogP contribution is 2.48. The molecular weight excluding hydrogens is 380 g/mol. The zero-order chi connectivity index (χ0) is 21.0. The molecule has 0 aromatic heterocycles. The minimum Gasteiger partial charge on any atom is -0.502 e. The van der Waals surface area contributed by atoms with Crippen LogP contribution in [0.1, 0.15) is 17.2 Å². The van der Waals surface area contributed by atoms with E-state index in [1.165, 1.54) is 21.3 Å². The van der Waals surface area contributed by atoms with Gasteiger partial charge in [0.1, 0.15) is 0 Å². The number of methoxy groups -OCH3 is 3. The highest BCUT2D eigenvalue weighted by atomic mass is 16.6. The summed E-state index contributed by atoms with van der Waals surface area (Å²) in [7, 11) is 4.37. The van der Waals surface area contributed by atoms with E-state index < -0.39 is 12.2 Å². The summed E-state index contributed by atoms with van der Waals surface area (Å²) in [6.45, 7) is -0.413. The van der Waals surface area contributed by atoms with Gasteiger partial charge in [-0.15, -0.1) is 0 Å². The van der Waals surface area contributed by atoms with Crippen LogP contribution in [0.4, 0.5) is 0 Å². The van der Waals surface area contributed by atoms with E-state index in [9.17, 15) is 10.2 Å². The van der Waals surface area contributed by atoms with Gasteiger partial charge in [0.25, 0.3) is 0 Å². The molecule has 1 aliphatic rings. The summed E-state index contributed by atoms with van der Waals surface area (Å²) in [6, 6.07) is 6.70. The standard InChI is InChI=1S/C21H24O8/c1-25-14-9-13(10-15(26-2)19(14)24)20-18(11-23)29-21-16(27-3)7-12(5-4-6-22)8-17(21)28-20/h4-5,7-10,18,20,22-24H,6,11H2,1-3H3/b5-4+/t18-,20-/m0/s1. The van der Waals surface area contributed by atoms with Crippen LogP contribution in [0.5, 0.6) is 34.5 Å². The van der Waals surface area contributed by atoms with Crippen molar-refractivity contribution in [2.45, 2.75) is 12.2 Å². The lowest BCUT2D eigenvalue weighted by Crippen LogP contribution is -2.36. The van der Waals surface area contributed by atoms with Crippen molar-refractivity contribution in [3.05, 3.63) is 41.5 Å². The first-order chi connectivity index (χ1) is 14.1. The van der Waals surface area contributed by atoms with E-state index in [4.69, 9.17) is 28.8 Å². The number of benzene rings is 2. The Labute approximate surface area is 168 Å². The van der Waals surface area contributed by atoms with Crippen LogP contribution in [0.15, 0.2) is 30.3 Å². The molecule has 0 spiro atoms. The number of aromatic hydroxyl groups is 1. The van der Waals surface area contributed by atoms with Crippen molar-refractivity contribution >= 4 is 6.08 Å². The Bertz CT molecular complexity index is 867. The van der Waals surface area contributed by atoms with Gasteiger partial charge in [0, 0.05) is 5.56 Å². The Hall–Kier alpha value is -3.10. The summed E-state index contributed by atoms with van der Waals surface area (Å²) in [4.78, 5) is 0. The van der Waals surface area contributed by atoms with Crippen molar-refractivity contribution < 1.29 is 39.0 Å². The average molecular weight is 404 g/mol. The molecule has 29 heavy (non-hydrogen) atoms. The number of aliphatic hydroxyl groups excluding tert-OH is 2. The van der Waals surface area contributed by atoms with Crippen molar-refractivity contribution in [1.29, 1.82) is 0 Å². The first-order valence-electron chi connectivity index (χ1n) is 8.94. The van der Waals surface area contributed by atoms with Crippen LogP contribution in [-0.2, 0) is 0 Å². The molecule has 3 rings (SSSR count). The minimum absolute atomic E-state index is 0.0981. The maximum absolute atomic E-state index is 10.2. The maximum Gasteiger partial charge on any atom is 0.204 e. The Morgan fingerprint density at radius 1 is 0.931 bits per heavy atom. The lowest BCUT2D eigenvalue weighted by molar-refractivity contribution is -0.0142. The molecule has 0 saturated carbocycles. The molecule has 2 aromatic rings. The summed E-state index contributed by atoms with van der Waals surface area (Å²) >= 11 is 0. The first kappa shape index (κ1) is 20.6. The fourth-order valence-electron chi connectivity index (χ4n) is 3.16. The predicted octanol–water partition coefficient (Wildman–Crippen LogP) is 2.30. The van der Waals surface area contributed by atoms with E-state index in [0.717, 1.165) is 5.56 Å². The molecule has 1 heterocycles. The third kappa shape index (κ3) is 4.03. The molecule has 3 N–H and O–H groups in total. The van der Waals surface area contributed by atoms with E-state index in [1.807, 2.05) is 0 Å². The van der Waals surface area contributed by atoms with Crippen molar-refractivity contribution in [1.82, 2.24) is 0 Å². The number of aliphatic hydroxyl groups is 2. The number of rotatable bonds is 7. The Morgan fingerprint density at radius 2 is 1.59 bits per heavy atom. The number of phenols is 1. The topological polar surface area (TPSA) is 107 Å². The fraction of sp³-hybridized carbons (Fsp3) is 0.333. The first-order valence-corrected chi connectivity index (χ1v) is 8.94. The molecule has 1 aliphatic heterocycles. The number of hydrogen-bond acceptors (Lipinski definition) is 8. The summed E-state index contributed by atoms with van der Waals surface area (Å²) in [5.41, 5.74) is 1.34. The van der Waals surface area contributed by atoms with Gasteiger partial charge in [0.15, 0.2) is 35.2 Å². The maximum atomic E-state index is 10.2. The van der Waals surface area contributed by atoms with Gasteiger partial charge in [0.05, 0.1) is 34.5 Å². The molecule has 8 heteroatoms. The Morgan fingerprint density at radius 3 is 2.14 bits per heavy atom. The van der Waals surface area contributed by atoms with Crippen LogP contribution in [-0.4, -0.2) is 56.0 Å². The largest absolute Gasteiger partial charge is 0.502 e. The third-order valence-corrected chi connectivity index (χ3v) is 4.55. The number of fused-ring (bicyclic) bond motifs is 1. The number of ether oxygens (including phenoxy) is 5. The van der Waals surface area contributed by atoms with Crippen molar-refractivity contribution in [3.8, 4) is 34.5 Å². The second kappa shape index (κ2) is 8.93. The predicted molar refractivity (Wildman–Crippen MR) is 105 cm³/mol. The highest BCUT2D eigenvalue weighted by Gasteiger charge is 2.35. The summed E-state index contributed by atoms with van der Waals surface area (Å²) in [6.07, 6.45) is 1.90. The zero-order valence-corrected chi connectivity index (χ0v) is 16.4. The van der Waals surface area contributed by atoms with Gasteiger partial charge in [-0.1, -0.05) is 12.2 Å². The normalized spacial score (nSPS) is 18.0. The SMILES string of the molecule is COc1cc([C@@H]2Oc3cc(/C=C/CO)cc(OC)c3O[C@H]2CO)cc(OC)c1O. The van der Waals surface area contributed by atoms with Gasteiger partial charge in [-0.25, -0.2) is 0 Å². The Kier molecular flexibility index (Phi) is 6.36. The number of hydrogen-bond donors (Lipinski definition) is 3. The highest BCUT2D eigenvalue weighted by molar-refractivity contribution is 5.63. The second-order valence-electron chi connectivity index (χ2n) is 6.29. The van der Waals surface area contributed by atoms with Crippen LogP contribution < -0.4 is 23.7 Å². The molecule has 156 valence electrons. The average Bonchev–Trinajstić information content (AvgIpc) is 2.76. The van der Waals surface area contributed by atoms with Gasteiger partial charge >= 0.3 is 0 Å². The van der Waals surface area contributed by atoms with E-state index in [1.54, 1.807) is 36.4 Å². The van der Waals surface area contributed by atoms with Gasteiger partial charge in [0.2, 0.25) is 11.5 Å². The van der Waals surface area contributed by atoms with Crippen LogP contribution in [0.25, 0.3) is 6.08 Å². The summed E-state index contributed by atoms with van der Waals surface area (Å²) < 4.78 is 28.0. The molecule has 0 unspecified atom stereocenters. The molecule has 2 aromatic carbocycles. The van der Waals surface area contributed by atoms with Crippen molar-refractivity contribution in [3.63, 3.8) is 0 Å². The molecule has 2 atom stereocenters. The van der Waals surface area contributed by atoms with Crippen molar-refractivity contribution in [2.24, 2.45) is 0 Å². The zero-order valence-electron chi connectivity index (χ0n) is 16.4. The van der Waals surface area contributed by atoms with Crippen LogP contribution >= 0.6 is 0 Å². The fourth-order valence-corrected chi connectivity index (χ4v) is 3.16. The molecule has 0 radical (unpaired) electrons. The summed E-state index contributed by atoms with van der Waals surface area (Å²) in [5, 5.41) is 29.1. The lowest BCUT2D eigenvalue weighted by atomic mass is 10.0. The van der Waals surface area contributed by atoms with Crippen LogP contribution in [0.3, 0.4) is 0 Å². The molecule has 0 amide bonds. The van der Waals surface area contributed by atoms with Gasteiger partial charge < -0.3 is 39.0 Å². The lowest BCUT2D eigenvalue weighted by Gasteiger charge is -2.34. The smallest absolute Gasteiger partial charge is 0.204 e. The minimum atomic E-state index is -0.728. The molecular formula is C21H24O8. The van der Waals surface area contributed by atoms with Crippen LogP contribution in [0, 0.1) is 0 Å². The van der Waals surface area contributed by atoms with E-state index in [0.29, 0.717) is 22.8 Å². The number of phenolic OH excluding ortho intramolecular Hbond substituents is 1.